The predicted molar refractivity (Wildman–Crippen MR) is 74.8 cm³/mol. The minimum absolute atomic E-state index is 0.224. The van der Waals surface area contributed by atoms with Crippen LogP contribution in [0.3, 0.4) is 0 Å². The lowest BCUT2D eigenvalue weighted by atomic mass is 10.1. The fraction of sp³-hybridized carbons (Fsp3) is 0. The molecular weight excluding hydrogens is 262 g/mol. The lowest BCUT2D eigenvalue weighted by Gasteiger charge is -2.01. The van der Waals surface area contributed by atoms with Gasteiger partial charge in [0.25, 0.3) is 0 Å². The van der Waals surface area contributed by atoms with Crippen molar-refractivity contribution in [3.8, 4) is 0 Å². The highest BCUT2D eigenvalue weighted by molar-refractivity contribution is 7.11. The first-order valence-corrected chi connectivity index (χ1v) is 6.34. The molecule has 1 aromatic heterocycles. The smallest absolute Gasteiger partial charge is 0.337 e. The molecule has 0 radical (unpaired) electrons. The number of benzene rings is 1. The Morgan fingerprint density at radius 2 is 1.84 bits per heavy atom. The molecule has 0 atom stereocenters. The highest BCUT2D eigenvalue weighted by Gasteiger charge is 2.11. The van der Waals surface area contributed by atoms with Gasteiger partial charge in [0.2, 0.25) is 5.91 Å². The van der Waals surface area contributed by atoms with Crippen molar-refractivity contribution < 1.29 is 14.7 Å². The van der Waals surface area contributed by atoms with Gasteiger partial charge in [0.15, 0.2) is 0 Å². The maximum atomic E-state index is 11.2. The van der Waals surface area contributed by atoms with E-state index in [0.29, 0.717) is 16.0 Å². The third-order valence-electron chi connectivity index (χ3n) is 2.52. The van der Waals surface area contributed by atoms with E-state index in [1.807, 2.05) is 5.38 Å². The van der Waals surface area contributed by atoms with Crippen LogP contribution in [-0.4, -0.2) is 17.0 Å². The first-order valence-electron chi connectivity index (χ1n) is 5.46. The molecule has 0 spiro atoms. The molecule has 1 amide bonds. The van der Waals surface area contributed by atoms with Gasteiger partial charge < -0.3 is 10.8 Å². The van der Waals surface area contributed by atoms with Crippen LogP contribution in [0.15, 0.2) is 41.8 Å². The minimum atomic E-state index is -0.985. The van der Waals surface area contributed by atoms with E-state index in [-0.39, 0.29) is 5.57 Å². The number of carboxylic acid groups (broad SMARTS) is 1. The summed E-state index contributed by atoms with van der Waals surface area (Å²) >= 11 is 1.36. The third-order valence-corrected chi connectivity index (χ3v) is 3.43. The monoisotopic (exact) mass is 273 g/mol. The van der Waals surface area contributed by atoms with Crippen molar-refractivity contribution in [3.63, 3.8) is 0 Å². The highest BCUT2D eigenvalue weighted by Crippen LogP contribution is 2.23. The van der Waals surface area contributed by atoms with Crippen molar-refractivity contribution in [3.05, 3.63) is 57.8 Å². The number of carbonyl (C=O) groups excluding carboxylic acids is 1. The Morgan fingerprint density at radius 1 is 1.16 bits per heavy atom. The molecule has 0 saturated carbocycles. The molecule has 2 rings (SSSR count). The summed E-state index contributed by atoms with van der Waals surface area (Å²) in [4.78, 5) is 22.9. The van der Waals surface area contributed by atoms with Crippen LogP contribution in [0.2, 0.25) is 0 Å². The minimum Gasteiger partial charge on any atom is -0.478 e. The van der Waals surface area contributed by atoms with Crippen molar-refractivity contribution in [1.82, 2.24) is 0 Å². The van der Waals surface area contributed by atoms with Gasteiger partial charge in [0, 0.05) is 10.4 Å². The van der Waals surface area contributed by atoms with Crippen LogP contribution < -0.4 is 5.73 Å². The van der Waals surface area contributed by atoms with E-state index < -0.39 is 11.9 Å². The molecule has 0 aliphatic carbocycles. The number of carbonyl (C=O) groups is 2. The third kappa shape index (κ3) is 3.08. The van der Waals surface area contributed by atoms with Gasteiger partial charge in [0.1, 0.15) is 0 Å². The van der Waals surface area contributed by atoms with Gasteiger partial charge in [-0.15, -0.1) is 11.3 Å². The zero-order chi connectivity index (χ0) is 13.8. The Bertz CT molecular complexity index is 627. The number of carboxylic acids is 1. The van der Waals surface area contributed by atoms with E-state index in [0.717, 1.165) is 0 Å². The van der Waals surface area contributed by atoms with Gasteiger partial charge in [-0.25, -0.2) is 4.79 Å². The van der Waals surface area contributed by atoms with Crippen LogP contribution in [0.4, 0.5) is 0 Å². The Balaban J connectivity index is 2.37. The van der Waals surface area contributed by atoms with Gasteiger partial charge >= 0.3 is 5.97 Å². The second kappa shape index (κ2) is 5.49. The topological polar surface area (TPSA) is 80.4 Å². The Kier molecular flexibility index (Phi) is 3.77. The summed E-state index contributed by atoms with van der Waals surface area (Å²) < 4.78 is 0. The van der Waals surface area contributed by atoms with Crippen molar-refractivity contribution >= 4 is 34.9 Å². The molecule has 0 saturated heterocycles. The van der Waals surface area contributed by atoms with Gasteiger partial charge in [-0.2, -0.15) is 0 Å². The van der Waals surface area contributed by atoms with Gasteiger partial charge in [-0.05, 0) is 35.2 Å². The van der Waals surface area contributed by atoms with Crippen molar-refractivity contribution in [2.24, 2.45) is 5.73 Å². The lowest BCUT2D eigenvalue weighted by Crippen LogP contribution is -2.10. The van der Waals surface area contributed by atoms with Crippen LogP contribution in [0.1, 0.15) is 20.8 Å². The predicted octanol–water partition coefficient (Wildman–Crippen LogP) is 2.47. The number of amides is 1. The molecule has 4 nitrogen and oxygen atoms in total. The summed E-state index contributed by atoms with van der Waals surface area (Å²) in [5.74, 6) is -1.49. The van der Waals surface area contributed by atoms with E-state index in [1.165, 1.54) is 11.3 Å². The zero-order valence-electron chi connectivity index (χ0n) is 9.87. The SMILES string of the molecule is NC(=O)c1ccc(/C=C(\C(=O)O)c2cccs2)cc1. The molecule has 5 heteroatoms. The van der Waals surface area contributed by atoms with Crippen molar-refractivity contribution in [1.29, 1.82) is 0 Å². The number of nitrogens with two attached hydrogens (primary N) is 1. The molecule has 0 unspecified atom stereocenters. The largest absolute Gasteiger partial charge is 0.478 e. The van der Waals surface area contributed by atoms with Crippen LogP contribution in [-0.2, 0) is 4.79 Å². The summed E-state index contributed by atoms with van der Waals surface area (Å²) in [5, 5.41) is 11.0. The molecule has 3 N–H and O–H groups in total. The average Bonchev–Trinajstić information content (AvgIpc) is 2.89. The summed E-state index contributed by atoms with van der Waals surface area (Å²) in [5.41, 5.74) is 6.47. The summed E-state index contributed by atoms with van der Waals surface area (Å²) in [6.45, 7) is 0. The summed E-state index contributed by atoms with van der Waals surface area (Å²) in [6, 6.07) is 10.0. The second-order valence-electron chi connectivity index (χ2n) is 3.83. The molecule has 0 bridgehead atoms. The normalized spacial score (nSPS) is 11.3. The molecule has 1 heterocycles. The maximum absolute atomic E-state index is 11.2. The van der Waals surface area contributed by atoms with Crippen molar-refractivity contribution in [2.75, 3.05) is 0 Å². The summed E-state index contributed by atoms with van der Waals surface area (Å²) in [7, 11) is 0. The number of hydrogen-bond donors (Lipinski definition) is 2. The van der Waals surface area contributed by atoms with Crippen LogP contribution in [0, 0.1) is 0 Å². The average molecular weight is 273 g/mol. The number of hydrogen-bond acceptors (Lipinski definition) is 3. The van der Waals surface area contributed by atoms with E-state index in [2.05, 4.69) is 0 Å². The zero-order valence-corrected chi connectivity index (χ0v) is 10.7. The molecule has 0 aliphatic rings. The molecule has 0 fully saturated rings. The van der Waals surface area contributed by atoms with E-state index in [4.69, 9.17) is 5.73 Å². The first-order chi connectivity index (χ1) is 9.08. The number of thiophene rings is 1. The lowest BCUT2D eigenvalue weighted by molar-refractivity contribution is -0.130. The highest BCUT2D eigenvalue weighted by atomic mass is 32.1. The second-order valence-corrected chi connectivity index (χ2v) is 4.77. The summed E-state index contributed by atoms with van der Waals surface area (Å²) in [6.07, 6.45) is 1.57. The molecule has 2 aromatic rings. The number of rotatable bonds is 4. The fourth-order valence-corrected chi connectivity index (χ4v) is 2.31. The van der Waals surface area contributed by atoms with Crippen LogP contribution in [0.5, 0.6) is 0 Å². The first kappa shape index (κ1) is 13.0. The molecular formula is C14H11NO3S. The number of aliphatic carboxylic acids is 1. The van der Waals surface area contributed by atoms with E-state index in [9.17, 15) is 14.7 Å². The van der Waals surface area contributed by atoms with Gasteiger partial charge in [0.05, 0.1) is 5.57 Å². The van der Waals surface area contributed by atoms with Crippen molar-refractivity contribution in [2.45, 2.75) is 0 Å². The number of primary amides is 1. The standard InChI is InChI=1S/C14H11NO3S/c15-13(16)10-5-3-9(4-6-10)8-11(14(17)18)12-2-1-7-19-12/h1-8H,(H2,15,16)(H,17,18)/b11-8-. The van der Waals surface area contributed by atoms with Crippen LogP contribution >= 0.6 is 11.3 Å². The maximum Gasteiger partial charge on any atom is 0.337 e. The van der Waals surface area contributed by atoms with Gasteiger partial charge in [-0.3, -0.25) is 4.79 Å². The quantitative estimate of drug-likeness (QED) is 0.840. The molecule has 0 aliphatic heterocycles. The van der Waals surface area contributed by atoms with Crippen LogP contribution in [0.25, 0.3) is 11.6 Å². The van der Waals surface area contributed by atoms with Gasteiger partial charge in [-0.1, -0.05) is 18.2 Å². The Labute approximate surface area is 113 Å². The Hall–Kier alpha value is -2.40. The molecule has 19 heavy (non-hydrogen) atoms. The molecule has 1 aromatic carbocycles. The van der Waals surface area contributed by atoms with E-state index >= 15 is 0 Å². The Morgan fingerprint density at radius 3 is 2.32 bits per heavy atom. The molecule has 96 valence electrons. The van der Waals surface area contributed by atoms with E-state index in [1.54, 1.807) is 42.5 Å². The fourth-order valence-electron chi connectivity index (χ4n) is 1.58.